The molecule has 0 aliphatic heterocycles. The predicted octanol–water partition coefficient (Wildman–Crippen LogP) is 1.59. The second kappa shape index (κ2) is 6.09. The molecule has 0 bridgehead atoms. The van der Waals surface area contributed by atoms with Gasteiger partial charge in [-0.15, -0.1) is 0 Å². The number of nitrogens with zero attached hydrogens (tertiary/aromatic N) is 2. The average Bonchev–Trinajstić information content (AvgIpc) is 2.32. The lowest BCUT2D eigenvalue weighted by Crippen LogP contribution is -2.37. The fourth-order valence-electron chi connectivity index (χ4n) is 1.65. The van der Waals surface area contributed by atoms with E-state index < -0.39 is 0 Å². The molecular formula is C12H20ClN3O2. The van der Waals surface area contributed by atoms with E-state index in [0.717, 1.165) is 12.8 Å². The molecule has 0 atom stereocenters. The van der Waals surface area contributed by atoms with Crippen LogP contribution in [0.2, 0.25) is 5.02 Å². The Hall–Kier alpha value is -1.23. The summed E-state index contributed by atoms with van der Waals surface area (Å²) in [6.07, 6.45) is 2.00. The number of anilines is 1. The molecule has 0 spiro atoms. The minimum absolute atomic E-state index is 0.0369. The molecule has 0 radical (unpaired) electrons. The van der Waals surface area contributed by atoms with E-state index in [-0.39, 0.29) is 21.8 Å². The van der Waals surface area contributed by atoms with E-state index >= 15 is 0 Å². The van der Waals surface area contributed by atoms with E-state index in [4.69, 9.17) is 11.6 Å². The Balaban J connectivity index is 2.90. The average molecular weight is 274 g/mol. The van der Waals surface area contributed by atoms with E-state index in [1.807, 2.05) is 0 Å². The lowest BCUT2D eigenvalue weighted by atomic mass is 10.1. The zero-order valence-corrected chi connectivity index (χ0v) is 12.0. The molecule has 1 N–H and O–H groups in total. The molecule has 1 aromatic rings. The Bertz CT molecular complexity index is 531. The molecular weight excluding hydrogens is 254 g/mol. The van der Waals surface area contributed by atoms with Gasteiger partial charge in [-0.1, -0.05) is 25.4 Å². The molecule has 6 heteroatoms. The van der Waals surface area contributed by atoms with Crippen molar-refractivity contribution >= 4 is 17.3 Å². The molecule has 0 unspecified atom stereocenters. The third-order valence-electron chi connectivity index (χ3n) is 2.92. The minimum atomic E-state index is -0.370. The first kappa shape index (κ1) is 14.8. The molecule has 0 fully saturated rings. The van der Waals surface area contributed by atoms with Crippen molar-refractivity contribution in [1.29, 1.82) is 0 Å². The van der Waals surface area contributed by atoms with Gasteiger partial charge in [0.1, 0.15) is 10.7 Å². The van der Waals surface area contributed by atoms with Gasteiger partial charge in [0.05, 0.1) is 0 Å². The largest absolute Gasteiger partial charge is 0.379 e. The Morgan fingerprint density at radius 2 is 1.72 bits per heavy atom. The molecule has 0 saturated heterocycles. The monoisotopic (exact) mass is 273 g/mol. The molecule has 1 rings (SSSR count). The van der Waals surface area contributed by atoms with Crippen molar-refractivity contribution in [2.45, 2.75) is 26.7 Å². The summed E-state index contributed by atoms with van der Waals surface area (Å²) >= 11 is 5.91. The lowest BCUT2D eigenvalue weighted by Gasteiger charge is -2.12. The van der Waals surface area contributed by atoms with E-state index in [1.54, 1.807) is 7.05 Å². The van der Waals surface area contributed by atoms with Crippen LogP contribution in [0.3, 0.4) is 0 Å². The van der Waals surface area contributed by atoms with Crippen molar-refractivity contribution in [2.75, 3.05) is 11.9 Å². The summed E-state index contributed by atoms with van der Waals surface area (Å²) in [5, 5.41) is 2.93. The highest BCUT2D eigenvalue weighted by Gasteiger charge is 2.13. The van der Waals surface area contributed by atoms with Crippen LogP contribution in [-0.4, -0.2) is 15.9 Å². The van der Waals surface area contributed by atoms with Crippen molar-refractivity contribution < 1.29 is 0 Å². The fraction of sp³-hybridized carbons (Fsp3) is 0.667. The quantitative estimate of drug-likeness (QED) is 0.829. The van der Waals surface area contributed by atoms with Crippen LogP contribution in [0.15, 0.2) is 9.59 Å². The predicted molar refractivity (Wildman–Crippen MR) is 74.5 cm³/mol. The smallest absolute Gasteiger partial charge is 0.290 e. The summed E-state index contributed by atoms with van der Waals surface area (Å²) in [7, 11) is 3.05. The van der Waals surface area contributed by atoms with Crippen LogP contribution >= 0.6 is 11.6 Å². The maximum atomic E-state index is 11.9. The first-order valence-electron chi connectivity index (χ1n) is 6.06. The van der Waals surface area contributed by atoms with Crippen molar-refractivity contribution in [3.05, 3.63) is 25.7 Å². The van der Waals surface area contributed by atoms with Crippen LogP contribution in [-0.2, 0) is 14.1 Å². The van der Waals surface area contributed by atoms with E-state index in [2.05, 4.69) is 19.2 Å². The maximum absolute atomic E-state index is 11.9. The molecule has 0 amide bonds. The molecule has 18 heavy (non-hydrogen) atoms. The second-order valence-electron chi connectivity index (χ2n) is 4.81. The SMILES string of the molecule is CC(C)CCCNc1c(Cl)c(=O)n(C)n(C)c1=O. The Kier molecular flexibility index (Phi) is 5.02. The van der Waals surface area contributed by atoms with Crippen molar-refractivity contribution in [3.8, 4) is 0 Å². The lowest BCUT2D eigenvalue weighted by molar-refractivity contribution is 0.534. The van der Waals surface area contributed by atoms with Crippen LogP contribution in [0.4, 0.5) is 5.69 Å². The summed E-state index contributed by atoms with van der Waals surface area (Å²) in [6.45, 7) is 4.93. The van der Waals surface area contributed by atoms with Gasteiger partial charge < -0.3 is 5.32 Å². The van der Waals surface area contributed by atoms with Gasteiger partial charge in [-0.25, -0.2) is 9.36 Å². The number of rotatable bonds is 5. The number of nitrogens with one attached hydrogen (secondary N) is 1. The number of aromatic nitrogens is 2. The van der Waals surface area contributed by atoms with Crippen molar-refractivity contribution in [2.24, 2.45) is 20.0 Å². The molecule has 102 valence electrons. The Morgan fingerprint density at radius 3 is 2.28 bits per heavy atom. The van der Waals surface area contributed by atoms with Crippen LogP contribution in [0.25, 0.3) is 0 Å². The van der Waals surface area contributed by atoms with Gasteiger partial charge >= 0.3 is 0 Å². The summed E-state index contributed by atoms with van der Waals surface area (Å²) in [5.74, 6) is 0.619. The van der Waals surface area contributed by atoms with Crippen LogP contribution in [0.1, 0.15) is 26.7 Å². The van der Waals surface area contributed by atoms with Gasteiger partial charge in [0.2, 0.25) is 0 Å². The normalized spacial score (nSPS) is 11.0. The molecule has 1 heterocycles. The fourth-order valence-corrected chi connectivity index (χ4v) is 1.92. The number of hydrogen-bond acceptors (Lipinski definition) is 3. The second-order valence-corrected chi connectivity index (χ2v) is 5.19. The van der Waals surface area contributed by atoms with Gasteiger partial charge in [-0.3, -0.25) is 9.59 Å². The van der Waals surface area contributed by atoms with Crippen molar-refractivity contribution in [3.63, 3.8) is 0 Å². The molecule has 0 aliphatic carbocycles. The number of hydrogen-bond donors (Lipinski definition) is 1. The molecule has 0 aliphatic rings. The molecule has 0 saturated carbocycles. The van der Waals surface area contributed by atoms with E-state index in [9.17, 15) is 9.59 Å². The van der Waals surface area contributed by atoms with E-state index in [1.165, 1.54) is 16.4 Å². The first-order chi connectivity index (χ1) is 8.36. The van der Waals surface area contributed by atoms with E-state index in [0.29, 0.717) is 12.5 Å². The highest BCUT2D eigenvalue weighted by atomic mass is 35.5. The Labute approximate surface area is 111 Å². The van der Waals surface area contributed by atoms with Gasteiger partial charge in [0.15, 0.2) is 0 Å². The highest BCUT2D eigenvalue weighted by Crippen LogP contribution is 2.12. The van der Waals surface area contributed by atoms with Gasteiger partial charge in [0, 0.05) is 20.6 Å². The molecule has 1 aromatic heterocycles. The third kappa shape index (κ3) is 3.16. The summed E-state index contributed by atoms with van der Waals surface area (Å²) in [4.78, 5) is 23.7. The Morgan fingerprint density at radius 1 is 1.17 bits per heavy atom. The molecule has 0 aromatic carbocycles. The minimum Gasteiger partial charge on any atom is -0.379 e. The zero-order chi connectivity index (χ0) is 13.9. The van der Waals surface area contributed by atoms with Gasteiger partial charge in [0.25, 0.3) is 11.1 Å². The maximum Gasteiger partial charge on any atom is 0.290 e. The summed E-state index contributed by atoms with van der Waals surface area (Å²) in [6, 6.07) is 0. The zero-order valence-electron chi connectivity index (χ0n) is 11.3. The summed E-state index contributed by atoms with van der Waals surface area (Å²) < 4.78 is 2.45. The topological polar surface area (TPSA) is 56.0 Å². The van der Waals surface area contributed by atoms with Crippen LogP contribution in [0, 0.1) is 5.92 Å². The molecule has 5 nitrogen and oxygen atoms in total. The van der Waals surface area contributed by atoms with Gasteiger partial charge in [-0.05, 0) is 18.8 Å². The highest BCUT2D eigenvalue weighted by molar-refractivity contribution is 6.32. The summed E-state index contributed by atoms with van der Waals surface area (Å²) in [5.41, 5.74) is -0.456. The first-order valence-corrected chi connectivity index (χ1v) is 6.43. The van der Waals surface area contributed by atoms with Crippen LogP contribution in [0.5, 0.6) is 0 Å². The third-order valence-corrected chi connectivity index (χ3v) is 3.27. The van der Waals surface area contributed by atoms with Crippen molar-refractivity contribution in [1.82, 2.24) is 9.36 Å². The van der Waals surface area contributed by atoms with Gasteiger partial charge in [-0.2, -0.15) is 0 Å². The van der Waals surface area contributed by atoms with Crippen LogP contribution < -0.4 is 16.4 Å². The standard InChI is InChI=1S/C12H20ClN3O2/c1-8(2)6-5-7-14-10-9(13)11(17)15(3)16(4)12(10)18/h8,14H,5-7H2,1-4H3. The number of halogens is 1.